The number of ether oxygens (including phenoxy) is 1. The lowest BCUT2D eigenvalue weighted by Crippen LogP contribution is -2.43. The molecule has 4 nitrogen and oxygen atoms in total. The highest BCUT2D eigenvalue weighted by atomic mass is 19.1. The zero-order chi connectivity index (χ0) is 15.6. The Bertz CT molecular complexity index is 533. The Morgan fingerprint density at radius 1 is 1.24 bits per heavy atom. The highest BCUT2D eigenvalue weighted by Gasteiger charge is 2.36. The fraction of sp³-hybridized carbons (Fsp3) is 0.500. The Morgan fingerprint density at radius 2 is 1.86 bits per heavy atom. The maximum atomic E-state index is 12.9. The van der Waals surface area contributed by atoms with Gasteiger partial charge in [-0.05, 0) is 57.9 Å². The molecule has 0 radical (unpaired) electrons. The lowest BCUT2D eigenvalue weighted by Gasteiger charge is -2.28. The Morgan fingerprint density at radius 3 is 2.43 bits per heavy atom. The molecule has 0 unspecified atom stereocenters. The van der Waals surface area contributed by atoms with Crippen molar-refractivity contribution in [1.82, 2.24) is 4.90 Å². The summed E-state index contributed by atoms with van der Waals surface area (Å²) >= 11 is 0. The van der Waals surface area contributed by atoms with Gasteiger partial charge in [-0.25, -0.2) is 9.18 Å². The summed E-state index contributed by atoms with van der Waals surface area (Å²) in [6.07, 6.45) is 0.896. The van der Waals surface area contributed by atoms with Crippen LogP contribution >= 0.6 is 0 Å². The second-order valence-electron chi connectivity index (χ2n) is 6.20. The average molecular weight is 293 g/mol. The Hall–Kier alpha value is -1.91. The summed E-state index contributed by atoms with van der Waals surface area (Å²) in [6.45, 7) is 5.87. The van der Waals surface area contributed by atoms with E-state index < -0.39 is 17.7 Å². The van der Waals surface area contributed by atoms with Gasteiger partial charge in [0.25, 0.3) is 0 Å². The van der Waals surface area contributed by atoms with Gasteiger partial charge in [0.15, 0.2) is 5.78 Å². The van der Waals surface area contributed by atoms with Crippen LogP contribution in [0.15, 0.2) is 24.3 Å². The van der Waals surface area contributed by atoms with E-state index in [-0.39, 0.29) is 11.6 Å². The zero-order valence-corrected chi connectivity index (χ0v) is 12.6. The summed E-state index contributed by atoms with van der Waals surface area (Å²) in [4.78, 5) is 26.1. The van der Waals surface area contributed by atoms with Crippen molar-refractivity contribution in [2.24, 2.45) is 0 Å². The van der Waals surface area contributed by atoms with Crippen LogP contribution in [0.3, 0.4) is 0 Å². The van der Waals surface area contributed by atoms with Crippen molar-refractivity contribution in [3.8, 4) is 0 Å². The minimum Gasteiger partial charge on any atom is -0.444 e. The number of hydrogen-bond donors (Lipinski definition) is 0. The van der Waals surface area contributed by atoms with Gasteiger partial charge in [0, 0.05) is 12.1 Å². The first-order valence-electron chi connectivity index (χ1n) is 7.07. The lowest BCUT2D eigenvalue weighted by molar-refractivity contribution is 0.0222. The Labute approximate surface area is 123 Å². The zero-order valence-electron chi connectivity index (χ0n) is 12.6. The van der Waals surface area contributed by atoms with Crippen LogP contribution in [0.5, 0.6) is 0 Å². The van der Waals surface area contributed by atoms with Gasteiger partial charge >= 0.3 is 6.09 Å². The quantitative estimate of drug-likeness (QED) is 0.785. The number of halogens is 1. The molecule has 1 aliphatic heterocycles. The molecule has 1 heterocycles. The van der Waals surface area contributed by atoms with Crippen LogP contribution in [0.2, 0.25) is 0 Å². The number of amides is 1. The maximum absolute atomic E-state index is 12.9. The molecule has 1 aliphatic rings. The minimum absolute atomic E-state index is 0.168. The molecule has 0 N–H and O–H groups in total. The number of Topliss-reactive ketones (excluding diaryl/α,β-unsaturated/α-hetero) is 1. The Balaban J connectivity index is 2.13. The second-order valence-corrected chi connectivity index (χ2v) is 6.20. The monoisotopic (exact) mass is 293 g/mol. The molecule has 1 aromatic rings. The first-order chi connectivity index (χ1) is 9.78. The Kier molecular flexibility index (Phi) is 4.30. The predicted molar refractivity (Wildman–Crippen MR) is 76.7 cm³/mol. The summed E-state index contributed by atoms with van der Waals surface area (Å²) < 4.78 is 18.3. The molecular weight excluding hydrogens is 273 g/mol. The van der Waals surface area contributed by atoms with Crippen LogP contribution in [0.1, 0.15) is 44.0 Å². The number of rotatable bonds is 2. The van der Waals surface area contributed by atoms with Gasteiger partial charge in [-0.3, -0.25) is 9.69 Å². The third-order valence-electron chi connectivity index (χ3n) is 3.31. The highest BCUT2D eigenvalue weighted by Crippen LogP contribution is 2.24. The lowest BCUT2D eigenvalue weighted by atomic mass is 10.0. The largest absolute Gasteiger partial charge is 0.444 e. The van der Waals surface area contributed by atoms with Gasteiger partial charge in [-0.1, -0.05) is 0 Å². The van der Waals surface area contributed by atoms with Crippen LogP contribution in [0.4, 0.5) is 9.18 Å². The third kappa shape index (κ3) is 3.80. The van der Waals surface area contributed by atoms with E-state index in [0.717, 1.165) is 6.42 Å². The van der Waals surface area contributed by atoms with Gasteiger partial charge in [-0.2, -0.15) is 0 Å². The van der Waals surface area contributed by atoms with Crippen LogP contribution in [0.25, 0.3) is 0 Å². The second kappa shape index (κ2) is 5.84. The number of likely N-dealkylation sites (tertiary alicyclic amines) is 1. The van der Waals surface area contributed by atoms with E-state index in [9.17, 15) is 14.0 Å². The van der Waals surface area contributed by atoms with E-state index in [2.05, 4.69) is 0 Å². The van der Waals surface area contributed by atoms with Gasteiger partial charge in [0.2, 0.25) is 0 Å². The highest BCUT2D eigenvalue weighted by molar-refractivity contribution is 6.01. The normalized spacial score (nSPS) is 18.7. The van der Waals surface area contributed by atoms with E-state index in [0.29, 0.717) is 18.5 Å². The van der Waals surface area contributed by atoms with Crippen molar-refractivity contribution in [2.45, 2.75) is 45.3 Å². The van der Waals surface area contributed by atoms with Crippen molar-refractivity contribution in [3.05, 3.63) is 35.6 Å². The smallest absolute Gasteiger partial charge is 0.410 e. The van der Waals surface area contributed by atoms with Crippen LogP contribution < -0.4 is 0 Å². The van der Waals surface area contributed by atoms with E-state index >= 15 is 0 Å². The summed E-state index contributed by atoms with van der Waals surface area (Å²) in [5.74, 6) is -0.555. The molecular formula is C16H20FNO3. The van der Waals surface area contributed by atoms with Crippen molar-refractivity contribution in [3.63, 3.8) is 0 Å². The van der Waals surface area contributed by atoms with Crippen molar-refractivity contribution in [1.29, 1.82) is 0 Å². The molecule has 0 spiro atoms. The summed E-state index contributed by atoms with van der Waals surface area (Å²) in [7, 11) is 0. The van der Waals surface area contributed by atoms with Gasteiger partial charge < -0.3 is 4.74 Å². The predicted octanol–water partition coefficient (Wildman–Crippen LogP) is 3.41. The van der Waals surface area contributed by atoms with E-state index in [4.69, 9.17) is 4.74 Å². The first-order valence-corrected chi connectivity index (χ1v) is 7.07. The van der Waals surface area contributed by atoms with Gasteiger partial charge in [0.1, 0.15) is 11.4 Å². The molecule has 1 fully saturated rings. The van der Waals surface area contributed by atoms with E-state index in [1.807, 2.05) is 0 Å². The molecule has 0 bridgehead atoms. The van der Waals surface area contributed by atoms with Crippen molar-refractivity contribution in [2.75, 3.05) is 6.54 Å². The number of benzene rings is 1. The molecule has 21 heavy (non-hydrogen) atoms. The molecule has 1 aromatic carbocycles. The van der Waals surface area contributed by atoms with Crippen LogP contribution in [-0.2, 0) is 4.74 Å². The number of ketones is 1. The van der Waals surface area contributed by atoms with Crippen molar-refractivity contribution >= 4 is 11.9 Å². The van der Waals surface area contributed by atoms with Crippen LogP contribution in [0, 0.1) is 5.82 Å². The topological polar surface area (TPSA) is 46.6 Å². The minimum atomic E-state index is -0.594. The fourth-order valence-corrected chi connectivity index (χ4v) is 2.38. The molecule has 1 amide bonds. The number of hydrogen-bond acceptors (Lipinski definition) is 3. The number of carbonyl (C=O) groups is 2. The maximum Gasteiger partial charge on any atom is 0.410 e. The summed E-state index contributed by atoms with van der Waals surface area (Å²) in [5.41, 5.74) is -0.180. The van der Waals surface area contributed by atoms with E-state index in [1.54, 1.807) is 20.8 Å². The van der Waals surface area contributed by atoms with Crippen LogP contribution in [-0.4, -0.2) is 35.0 Å². The number of carbonyl (C=O) groups excluding carboxylic acids is 2. The molecule has 5 heteroatoms. The fourth-order valence-electron chi connectivity index (χ4n) is 2.38. The summed E-state index contributed by atoms with van der Waals surface area (Å²) in [5, 5.41) is 0. The molecule has 1 saturated heterocycles. The van der Waals surface area contributed by atoms with E-state index in [1.165, 1.54) is 29.2 Å². The third-order valence-corrected chi connectivity index (χ3v) is 3.31. The average Bonchev–Trinajstić information content (AvgIpc) is 2.86. The summed E-state index contributed by atoms with van der Waals surface area (Å²) in [6, 6.07) is 4.87. The molecule has 0 aliphatic carbocycles. The van der Waals surface area contributed by atoms with Crippen molar-refractivity contribution < 1.29 is 18.7 Å². The van der Waals surface area contributed by atoms with Gasteiger partial charge in [-0.15, -0.1) is 0 Å². The molecule has 2 rings (SSSR count). The molecule has 0 aromatic heterocycles. The standard InChI is InChI=1S/C16H20FNO3/c1-16(2,3)21-15(20)18-10-4-5-13(18)14(19)11-6-8-12(17)9-7-11/h6-9,13H,4-5,10H2,1-3H3/t13-/m0/s1. The number of nitrogens with zero attached hydrogens (tertiary/aromatic N) is 1. The van der Waals surface area contributed by atoms with Gasteiger partial charge in [0.05, 0.1) is 6.04 Å². The molecule has 0 saturated carbocycles. The SMILES string of the molecule is CC(C)(C)OC(=O)N1CCC[C@H]1C(=O)c1ccc(F)cc1. The first kappa shape index (κ1) is 15.5. The molecule has 1 atom stereocenters. The molecule has 114 valence electrons.